The summed E-state index contributed by atoms with van der Waals surface area (Å²) in [5, 5.41) is 12.0. The highest BCUT2D eigenvalue weighted by molar-refractivity contribution is 5.97. The second-order valence-electron chi connectivity index (χ2n) is 6.27. The molecule has 2 heterocycles. The summed E-state index contributed by atoms with van der Waals surface area (Å²) in [6.07, 6.45) is -5.83. The normalized spacial score (nSPS) is 16.0. The van der Waals surface area contributed by atoms with E-state index < -0.39 is 37.1 Å². The van der Waals surface area contributed by atoms with Gasteiger partial charge in [0.25, 0.3) is 6.43 Å². The average molecular weight is 429 g/mol. The number of β-amino-alcohol motifs (C(OH)–C–C–N with tert-alkyl or cyclic N) is 1. The van der Waals surface area contributed by atoms with Gasteiger partial charge >= 0.3 is 6.36 Å². The molecule has 0 spiro atoms. The highest BCUT2D eigenvalue weighted by Gasteiger charge is 2.34. The number of anilines is 1. The molecule has 0 bridgehead atoms. The molecule has 1 N–H and O–H groups in total. The molecule has 160 valence electrons. The minimum Gasteiger partial charge on any atom is -0.406 e. The number of carbonyl (C=O) groups is 1. The number of ether oxygens (including phenoxy) is 1. The number of aromatic nitrogens is 1. The molecule has 0 saturated carbocycles. The van der Waals surface area contributed by atoms with Crippen LogP contribution in [0.15, 0.2) is 54.9 Å². The number of benzene rings is 1. The topological polar surface area (TPSA) is 65.9 Å². The van der Waals surface area contributed by atoms with Crippen molar-refractivity contribution in [3.05, 3.63) is 60.4 Å². The van der Waals surface area contributed by atoms with E-state index in [1.165, 1.54) is 36.7 Å². The van der Waals surface area contributed by atoms with Crippen LogP contribution in [0.25, 0.3) is 5.70 Å². The van der Waals surface area contributed by atoms with Crippen LogP contribution in [0.3, 0.4) is 0 Å². The van der Waals surface area contributed by atoms with Crippen molar-refractivity contribution in [3.8, 4) is 5.75 Å². The van der Waals surface area contributed by atoms with E-state index in [1.54, 1.807) is 6.07 Å². The number of carbonyl (C=O) groups excluding carboxylic acids is 1. The maximum atomic E-state index is 13.0. The van der Waals surface area contributed by atoms with Gasteiger partial charge in [-0.15, -0.1) is 13.2 Å². The van der Waals surface area contributed by atoms with Crippen molar-refractivity contribution in [3.63, 3.8) is 0 Å². The number of aliphatic hydroxyl groups is 1. The summed E-state index contributed by atoms with van der Waals surface area (Å²) in [5.41, 5.74) is 0.885. The first-order valence-corrected chi connectivity index (χ1v) is 8.68. The Morgan fingerprint density at radius 2 is 1.87 bits per heavy atom. The van der Waals surface area contributed by atoms with E-state index in [0.717, 1.165) is 22.2 Å². The largest absolute Gasteiger partial charge is 0.573 e. The van der Waals surface area contributed by atoms with Gasteiger partial charge in [-0.3, -0.25) is 14.8 Å². The number of nitrogens with zero attached hydrogens (tertiary/aromatic N) is 3. The summed E-state index contributed by atoms with van der Waals surface area (Å²) in [5.74, 6) is -0.910. The monoisotopic (exact) mass is 429 g/mol. The number of amides is 1. The number of hydrazine groups is 1. The van der Waals surface area contributed by atoms with Crippen molar-refractivity contribution in [2.24, 2.45) is 0 Å². The van der Waals surface area contributed by atoms with Gasteiger partial charge < -0.3 is 9.84 Å². The molecular formula is C19H16F5N3O3. The molecule has 1 atom stereocenters. The van der Waals surface area contributed by atoms with Crippen molar-refractivity contribution >= 4 is 17.3 Å². The molecule has 1 aliphatic heterocycles. The van der Waals surface area contributed by atoms with Crippen LogP contribution in [0.1, 0.15) is 12.0 Å². The van der Waals surface area contributed by atoms with E-state index in [9.17, 15) is 31.9 Å². The predicted octanol–water partition coefficient (Wildman–Crippen LogP) is 3.60. The van der Waals surface area contributed by atoms with Gasteiger partial charge in [-0.2, -0.15) is 0 Å². The molecule has 0 fully saturated rings. The van der Waals surface area contributed by atoms with Gasteiger partial charge in [-0.1, -0.05) is 0 Å². The van der Waals surface area contributed by atoms with Crippen LogP contribution in [0.2, 0.25) is 0 Å². The first kappa shape index (κ1) is 21.5. The van der Waals surface area contributed by atoms with Gasteiger partial charge in [-0.25, -0.2) is 13.8 Å². The minimum atomic E-state index is -4.86. The second-order valence-corrected chi connectivity index (χ2v) is 6.27. The number of hydrogen-bond donors (Lipinski definition) is 1. The van der Waals surface area contributed by atoms with Crippen LogP contribution in [-0.4, -0.2) is 46.4 Å². The molecule has 1 aromatic heterocycles. The Kier molecular flexibility index (Phi) is 6.20. The SMILES string of the molecule is O=C1CC=C(c2ccc(OC(F)(F)F)cc2)N(C[C@H](O)C(F)F)N1c1cccnc1. The summed E-state index contributed by atoms with van der Waals surface area (Å²) in [7, 11) is 0. The number of hydrogen-bond acceptors (Lipinski definition) is 5. The van der Waals surface area contributed by atoms with Crippen LogP contribution in [0.5, 0.6) is 5.75 Å². The van der Waals surface area contributed by atoms with E-state index in [0.29, 0.717) is 5.56 Å². The fraction of sp³-hybridized carbons (Fsp3) is 0.263. The summed E-state index contributed by atoms with van der Waals surface area (Å²) in [4.78, 5) is 16.5. The predicted molar refractivity (Wildman–Crippen MR) is 96.2 cm³/mol. The fourth-order valence-electron chi connectivity index (χ4n) is 2.91. The zero-order chi connectivity index (χ0) is 21.9. The summed E-state index contributed by atoms with van der Waals surface area (Å²) in [6.45, 7) is -0.634. The third-order valence-electron chi connectivity index (χ3n) is 4.15. The molecule has 0 radical (unpaired) electrons. The molecule has 30 heavy (non-hydrogen) atoms. The summed E-state index contributed by atoms with van der Waals surface area (Å²) < 4.78 is 67.0. The zero-order valence-electron chi connectivity index (χ0n) is 15.3. The van der Waals surface area contributed by atoms with Crippen LogP contribution in [-0.2, 0) is 4.79 Å². The third-order valence-corrected chi connectivity index (χ3v) is 4.15. The van der Waals surface area contributed by atoms with Gasteiger partial charge in [-0.05, 0) is 48.0 Å². The Hall–Kier alpha value is -3.21. The molecule has 0 aliphatic carbocycles. The number of aliphatic hydroxyl groups excluding tert-OH is 1. The molecule has 2 aromatic rings. The van der Waals surface area contributed by atoms with Gasteiger partial charge in [0.2, 0.25) is 5.91 Å². The molecule has 1 aromatic carbocycles. The molecular weight excluding hydrogens is 413 g/mol. The van der Waals surface area contributed by atoms with Gasteiger partial charge in [0.15, 0.2) is 0 Å². The molecule has 0 saturated heterocycles. The number of rotatable bonds is 6. The van der Waals surface area contributed by atoms with E-state index in [1.807, 2.05) is 0 Å². The van der Waals surface area contributed by atoms with E-state index in [-0.39, 0.29) is 17.8 Å². The minimum absolute atomic E-state index is 0.0910. The molecule has 1 aliphatic rings. The van der Waals surface area contributed by atoms with Gasteiger partial charge in [0.05, 0.1) is 24.1 Å². The quantitative estimate of drug-likeness (QED) is 0.711. The molecule has 3 rings (SSSR count). The second kappa shape index (κ2) is 8.66. The van der Waals surface area contributed by atoms with Crippen LogP contribution in [0.4, 0.5) is 27.6 Å². The maximum absolute atomic E-state index is 13.0. The van der Waals surface area contributed by atoms with Gasteiger partial charge in [0, 0.05) is 12.6 Å². The smallest absolute Gasteiger partial charge is 0.406 e. The van der Waals surface area contributed by atoms with Crippen molar-refractivity contribution in [2.45, 2.75) is 25.3 Å². The van der Waals surface area contributed by atoms with Crippen molar-refractivity contribution in [1.82, 2.24) is 9.99 Å². The molecule has 0 unspecified atom stereocenters. The average Bonchev–Trinajstić information content (AvgIpc) is 2.68. The molecule has 11 heteroatoms. The Bertz CT molecular complexity index is 904. The Morgan fingerprint density at radius 3 is 2.43 bits per heavy atom. The lowest BCUT2D eigenvalue weighted by atomic mass is 10.1. The van der Waals surface area contributed by atoms with Crippen molar-refractivity contribution < 1.29 is 36.6 Å². The number of halogens is 5. The highest BCUT2D eigenvalue weighted by Crippen LogP contribution is 2.32. The summed E-state index contributed by atoms with van der Waals surface area (Å²) in [6, 6.07) is 7.81. The first-order valence-electron chi connectivity index (χ1n) is 8.68. The highest BCUT2D eigenvalue weighted by atomic mass is 19.4. The lowest BCUT2D eigenvalue weighted by Crippen LogP contribution is -2.51. The Balaban J connectivity index is 1.97. The summed E-state index contributed by atoms with van der Waals surface area (Å²) >= 11 is 0. The molecule has 1 amide bonds. The lowest BCUT2D eigenvalue weighted by molar-refractivity contribution is -0.274. The number of alkyl halides is 5. The lowest BCUT2D eigenvalue weighted by Gasteiger charge is -2.41. The van der Waals surface area contributed by atoms with E-state index in [4.69, 9.17) is 0 Å². The first-order chi connectivity index (χ1) is 14.2. The fourth-order valence-corrected chi connectivity index (χ4v) is 2.91. The van der Waals surface area contributed by atoms with Crippen LogP contribution >= 0.6 is 0 Å². The Morgan fingerprint density at radius 1 is 1.17 bits per heavy atom. The zero-order valence-corrected chi connectivity index (χ0v) is 15.3. The van der Waals surface area contributed by atoms with Crippen molar-refractivity contribution in [2.75, 3.05) is 11.6 Å². The van der Waals surface area contributed by atoms with Crippen LogP contribution < -0.4 is 9.75 Å². The van der Waals surface area contributed by atoms with E-state index >= 15 is 0 Å². The van der Waals surface area contributed by atoms with Crippen molar-refractivity contribution in [1.29, 1.82) is 0 Å². The van der Waals surface area contributed by atoms with Crippen LogP contribution in [0, 0.1) is 0 Å². The Labute approximate surface area is 167 Å². The standard InChI is InChI=1S/C19H16F5N3O3/c20-18(21)16(28)11-26-15(12-3-5-14(6-4-12)30-19(22,23)24)7-8-17(29)27(26)13-2-1-9-25-10-13/h1-7,9-10,16,18,28H,8,11H2/t16-/m0/s1. The number of pyridine rings is 1. The maximum Gasteiger partial charge on any atom is 0.573 e. The third kappa shape index (κ3) is 5.03. The molecule has 6 nitrogen and oxygen atoms in total. The van der Waals surface area contributed by atoms with Gasteiger partial charge in [0.1, 0.15) is 11.9 Å². The van der Waals surface area contributed by atoms with E-state index in [2.05, 4.69) is 9.72 Å².